The monoisotopic (exact) mass is 241 g/mol. The lowest BCUT2D eigenvalue weighted by atomic mass is 10.1. The molecule has 0 bridgehead atoms. The molecular formula is C13H20ClNO. The average Bonchev–Trinajstić information content (AvgIpc) is 2.26. The topological polar surface area (TPSA) is 35.2 Å². The highest BCUT2D eigenvalue weighted by molar-refractivity contribution is 6.30. The Morgan fingerprint density at radius 2 is 2.12 bits per heavy atom. The first kappa shape index (κ1) is 13.3. The van der Waals surface area contributed by atoms with Crippen LogP contribution in [0.25, 0.3) is 0 Å². The number of unbranched alkanes of at least 4 members (excludes halogenated alkanes) is 2. The van der Waals surface area contributed by atoms with E-state index >= 15 is 0 Å². The minimum absolute atomic E-state index is 0.0557. The molecule has 0 saturated heterocycles. The fourth-order valence-electron chi connectivity index (χ4n) is 1.54. The van der Waals surface area contributed by atoms with Crippen LogP contribution in [0.1, 0.15) is 44.7 Å². The fraction of sp³-hybridized carbons (Fsp3) is 0.538. The first-order chi connectivity index (χ1) is 7.65. The molecule has 0 aliphatic rings. The van der Waals surface area contributed by atoms with Gasteiger partial charge in [-0.2, -0.15) is 0 Å². The van der Waals surface area contributed by atoms with Gasteiger partial charge in [-0.1, -0.05) is 31.4 Å². The third-order valence-corrected chi connectivity index (χ3v) is 2.70. The van der Waals surface area contributed by atoms with Crippen molar-refractivity contribution < 1.29 is 4.74 Å². The molecule has 0 amide bonds. The molecule has 0 saturated carbocycles. The average molecular weight is 242 g/mol. The van der Waals surface area contributed by atoms with Crippen LogP contribution in [0.2, 0.25) is 5.02 Å². The molecule has 0 fully saturated rings. The smallest absolute Gasteiger partial charge is 0.124 e. The molecule has 0 unspecified atom stereocenters. The van der Waals surface area contributed by atoms with Crippen LogP contribution in [0, 0.1) is 0 Å². The van der Waals surface area contributed by atoms with E-state index in [-0.39, 0.29) is 6.04 Å². The third-order valence-electron chi connectivity index (χ3n) is 2.47. The second-order valence-corrected chi connectivity index (χ2v) is 4.46. The van der Waals surface area contributed by atoms with Crippen molar-refractivity contribution in [1.82, 2.24) is 0 Å². The number of halogens is 1. The SMILES string of the molecule is CCCCCOc1ccc(Cl)cc1[C@@H](C)N. The van der Waals surface area contributed by atoms with E-state index in [0.29, 0.717) is 5.02 Å². The van der Waals surface area contributed by atoms with Gasteiger partial charge >= 0.3 is 0 Å². The summed E-state index contributed by atoms with van der Waals surface area (Å²) in [5.41, 5.74) is 6.85. The summed E-state index contributed by atoms with van der Waals surface area (Å²) in [6.45, 7) is 4.86. The van der Waals surface area contributed by atoms with Gasteiger partial charge < -0.3 is 10.5 Å². The number of benzene rings is 1. The molecule has 0 aliphatic heterocycles. The Morgan fingerprint density at radius 1 is 1.38 bits per heavy atom. The van der Waals surface area contributed by atoms with Crippen LogP contribution in [0.15, 0.2) is 18.2 Å². The lowest BCUT2D eigenvalue weighted by Gasteiger charge is -2.14. The van der Waals surface area contributed by atoms with Crippen LogP contribution in [-0.2, 0) is 0 Å². The maximum Gasteiger partial charge on any atom is 0.124 e. The largest absolute Gasteiger partial charge is 0.493 e. The fourth-order valence-corrected chi connectivity index (χ4v) is 1.72. The number of rotatable bonds is 6. The Bertz CT molecular complexity index is 326. The predicted octanol–water partition coefficient (Wildman–Crippen LogP) is 3.93. The van der Waals surface area contributed by atoms with Gasteiger partial charge in [-0.3, -0.25) is 0 Å². The Kier molecular flexibility index (Phi) is 5.64. The van der Waals surface area contributed by atoms with E-state index in [0.717, 1.165) is 24.3 Å². The predicted molar refractivity (Wildman–Crippen MR) is 69.1 cm³/mol. The normalized spacial score (nSPS) is 12.5. The lowest BCUT2D eigenvalue weighted by molar-refractivity contribution is 0.302. The molecular weight excluding hydrogens is 222 g/mol. The minimum Gasteiger partial charge on any atom is -0.493 e. The molecule has 0 heterocycles. The molecule has 0 aliphatic carbocycles. The molecule has 1 atom stereocenters. The van der Waals surface area contributed by atoms with Gasteiger partial charge in [0.25, 0.3) is 0 Å². The zero-order valence-corrected chi connectivity index (χ0v) is 10.8. The molecule has 3 heteroatoms. The standard InChI is InChI=1S/C13H20ClNO/c1-3-4-5-8-16-13-7-6-11(14)9-12(13)10(2)15/h6-7,9-10H,3-5,8,15H2,1-2H3/t10-/m1/s1. The maximum absolute atomic E-state index is 5.93. The van der Waals surface area contributed by atoms with E-state index in [1.165, 1.54) is 12.8 Å². The maximum atomic E-state index is 5.93. The van der Waals surface area contributed by atoms with Gasteiger partial charge in [0.15, 0.2) is 0 Å². The summed E-state index contributed by atoms with van der Waals surface area (Å²) in [7, 11) is 0. The number of nitrogens with two attached hydrogens (primary N) is 1. The summed E-state index contributed by atoms with van der Waals surface area (Å²) in [6.07, 6.45) is 3.47. The summed E-state index contributed by atoms with van der Waals surface area (Å²) in [5, 5.41) is 0.702. The van der Waals surface area contributed by atoms with E-state index in [4.69, 9.17) is 22.1 Å². The van der Waals surface area contributed by atoms with Gasteiger partial charge in [-0.15, -0.1) is 0 Å². The summed E-state index contributed by atoms with van der Waals surface area (Å²) >= 11 is 5.93. The highest BCUT2D eigenvalue weighted by atomic mass is 35.5. The van der Waals surface area contributed by atoms with Crippen molar-refractivity contribution >= 4 is 11.6 Å². The Morgan fingerprint density at radius 3 is 2.75 bits per heavy atom. The Balaban J connectivity index is 2.64. The first-order valence-electron chi connectivity index (χ1n) is 5.83. The molecule has 1 aromatic carbocycles. The molecule has 2 N–H and O–H groups in total. The molecule has 1 aromatic rings. The molecule has 2 nitrogen and oxygen atoms in total. The van der Waals surface area contributed by atoms with Gasteiger partial charge in [0.05, 0.1) is 6.61 Å². The highest BCUT2D eigenvalue weighted by Gasteiger charge is 2.08. The van der Waals surface area contributed by atoms with Crippen LogP contribution < -0.4 is 10.5 Å². The minimum atomic E-state index is -0.0557. The Hall–Kier alpha value is -0.730. The second-order valence-electron chi connectivity index (χ2n) is 4.03. The Labute approximate surface area is 103 Å². The van der Waals surface area contributed by atoms with Gasteiger partial charge in [-0.25, -0.2) is 0 Å². The quantitative estimate of drug-likeness (QED) is 0.766. The van der Waals surface area contributed by atoms with Crippen molar-refractivity contribution in [3.05, 3.63) is 28.8 Å². The molecule has 16 heavy (non-hydrogen) atoms. The number of hydrogen-bond donors (Lipinski definition) is 1. The van der Waals surface area contributed by atoms with Crippen LogP contribution in [-0.4, -0.2) is 6.61 Å². The van der Waals surface area contributed by atoms with Crippen LogP contribution in [0.3, 0.4) is 0 Å². The highest BCUT2D eigenvalue weighted by Crippen LogP contribution is 2.27. The number of ether oxygens (including phenoxy) is 1. The molecule has 0 radical (unpaired) electrons. The van der Waals surface area contributed by atoms with E-state index in [1.807, 2.05) is 25.1 Å². The second kappa shape index (κ2) is 6.77. The van der Waals surface area contributed by atoms with E-state index in [1.54, 1.807) is 0 Å². The molecule has 0 aromatic heterocycles. The summed E-state index contributed by atoms with van der Waals surface area (Å²) in [4.78, 5) is 0. The van der Waals surface area contributed by atoms with E-state index in [2.05, 4.69) is 6.92 Å². The van der Waals surface area contributed by atoms with Crippen molar-refractivity contribution in [2.45, 2.75) is 39.2 Å². The number of hydrogen-bond acceptors (Lipinski definition) is 2. The van der Waals surface area contributed by atoms with Crippen molar-refractivity contribution in [1.29, 1.82) is 0 Å². The summed E-state index contributed by atoms with van der Waals surface area (Å²) in [5.74, 6) is 0.857. The molecule has 90 valence electrons. The first-order valence-corrected chi connectivity index (χ1v) is 6.20. The van der Waals surface area contributed by atoms with Gasteiger partial charge in [-0.05, 0) is 31.5 Å². The third kappa shape index (κ3) is 4.03. The summed E-state index contributed by atoms with van der Waals surface area (Å²) < 4.78 is 5.72. The van der Waals surface area contributed by atoms with E-state index < -0.39 is 0 Å². The van der Waals surface area contributed by atoms with Gasteiger partial charge in [0.2, 0.25) is 0 Å². The van der Waals surface area contributed by atoms with Crippen molar-refractivity contribution in [2.75, 3.05) is 6.61 Å². The van der Waals surface area contributed by atoms with Crippen LogP contribution >= 0.6 is 11.6 Å². The van der Waals surface area contributed by atoms with Crippen LogP contribution in [0.4, 0.5) is 0 Å². The summed E-state index contributed by atoms with van der Waals surface area (Å²) in [6, 6.07) is 5.55. The van der Waals surface area contributed by atoms with Crippen LogP contribution in [0.5, 0.6) is 5.75 Å². The zero-order chi connectivity index (χ0) is 12.0. The van der Waals surface area contributed by atoms with Gasteiger partial charge in [0.1, 0.15) is 5.75 Å². The lowest BCUT2D eigenvalue weighted by Crippen LogP contribution is -2.08. The van der Waals surface area contributed by atoms with Crippen molar-refractivity contribution in [3.63, 3.8) is 0 Å². The van der Waals surface area contributed by atoms with E-state index in [9.17, 15) is 0 Å². The molecule has 0 spiro atoms. The zero-order valence-electron chi connectivity index (χ0n) is 10.0. The molecule has 1 rings (SSSR count). The van der Waals surface area contributed by atoms with Gasteiger partial charge in [0, 0.05) is 16.6 Å². The van der Waals surface area contributed by atoms with Crippen molar-refractivity contribution in [2.24, 2.45) is 5.73 Å². The van der Waals surface area contributed by atoms with Crippen molar-refractivity contribution in [3.8, 4) is 5.75 Å².